The molecule has 0 bridgehead atoms. The molecule has 0 saturated carbocycles. The van der Waals surface area contributed by atoms with E-state index in [9.17, 15) is 17.6 Å². The van der Waals surface area contributed by atoms with Crippen molar-refractivity contribution in [2.45, 2.75) is 17.2 Å². The monoisotopic (exact) mass is 207 g/mol. The lowest BCUT2D eigenvalue weighted by atomic mass is 10.3. The van der Waals surface area contributed by atoms with E-state index in [-0.39, 0.29) is 0 Å². The van der Waals surface area contributed by atoms with Crippen molar-refractivity contribution in [1.29, 1.82) is 0 Å². The first-order valence-electron chi connectivity index (χ1n) is 2.01. The fourth-order valence-corrected chi connectivity index (χ4v) is 0.611. The minimum Gasteiger partial charge on any atom is -0.231 e. The highest BCUT2D eigenvalue weighted by atomic mass is 79.9. The Morgan fingerprint density at radius 1 is 1.22 bits per heavy atom. The van der Waals surface area contributed by atoms with Gasteiger partial charge in [0.15, 0.2) is 4.58 Å². The standard InChI is InChI=1S/C4H4BrF4/c1-3(5,6)2-4(7,8)9/h1-2H2. The molecule has 0 aliphatic heterocycles. The lowest BCUT2D eigenvalue weighted by Crippen LogP contribution is -2.20. The summed E-state index contributed by atoms with van der Waals surface area (Å²) in [7, 11) is 0. The maximum Gasteiger partial charge on any atom is 0.393 e. The minimum atomic E-state index is -4.50. The molecule has 0 rings (SSSR count). The average Bonchev–Trinajstić information content (AvgIpc) is 1.14. The molecule has 0 fully saturated rings. The van der Waals surface area contributed by atoms with Crippen LogP contribution in [0.4, 0.5) is 17.6 Å². The Balaban J connectivity index is 3.75. The Morgan fingerprint density at radius 2 is 1.56 bits per heavy atom. The smallest absolute Gasteiger partial charge is 0.231 e. The van der Waals surface area contributed by atoms with Crippen molar-refractivity contribution in [3.05, 3.63) is 6.92 Å². The molecular formula is C4H4BrF4. The van der Waals surface area contributed by atoms with Crippen molar-refractivity contribution in [2.24, 2.45) is 0 Å². The summed E-state index contributed by atoms with van der Waals surface area (Å²) in [5, 5.41) is 0. The van der Waals surface area contributed by atoms with Gasteiger partial charge in [-0.25, -0.2) is 4.39 Å². The first kappa shape index (κ1) is 9.20. The highest BCUT2D eigenvalue weighted by Crippen LogP contribution is 2.33. The third-order valence-corrected chi connectivity index (χ3v) is 0.739. The largest absolute Gasteiger partial charge is 0.393 e. The van der Waals surface area contributed by atoms with Gasteiger partial charge in [0.2, 0.25) is 0 Å². The summed E-state index contributed by atoms with van der Waals surface area (Å²) in [6, 6.07) is 0. The molecule has 9 heavy (non-hydrogen) atoms. The van der Waals surface area contributed by atoms with Crippen molar-refractivity contribution in [3.63, 3.8) is 0 Å². The van der Waals surface area contributed by atoms with E-state index >= 15 is 0 Å². The predicted octanol–water partition coefficient (Wildman–Crippen LogP) is 2.83. The van der Waals surface area contributed by atoms with Gasteiger partial charge >= 0.3 is 6.18 Å². The molecule has 0 aromatic heterocycles. The fourth-order valence-electron chi connectivity index (χ4n) is 0.293. The zero-order valence-electron chi connectivity index (χ0n) is 4.30. The van der Waals surface area contributed by atoms with Crippen LogP contribution in [0, 0.1) is 6.92 Å². The molecule has 0 nitrogen and oxygen atoms in total. The molecule has 0 saturated heterocycles. The number of hydrogen-bond donors (Lipinski definition) is 0. The van der Waals surface area contributed by atoms with Crippen LogP contribution in [0.2, 0.25) is 0 Å². The molecule has 0 N–H and O–H groups in total. The molecule has 1 unspecified atom stereocenters. The quantitative estimate of drug-likeness (QED) is 0.459. The van der Waals surface area contributed by atoms with Crippen LogP contribution in [-0.2, 0) is 0 Å². The SMILES string of the molecule is [CH2]C(F)(Br)CC(F)(F)F. The molecule has 0 heterocycles. The second-order valence-electron chi connectivity index (χ2n) is 1.65. The molecular weight excluding hydrogens is 204 g/mol. The third kappa shape index (κ3) is 8.20. The van der Waals surface area contributed by atoms with Gasteiger partial charge in [0.1, 0.15) is 0 Å². The van der Waals surface area contributed by atoms with Crippen molar-refractivity contribution in [2.75, 3.05) is 0 Å². The summed E-state index contributed by atoms with van der Waals surface area (Å²) >= 11 is 2.12. The van der Waals surface area contributed by atoms with E-state index in [1.54, 1.807) is 0 Å². The minimum absolute atomic E-state index is 1.57. The van der Waals surface area contributed by atoms with E-state index < -0.39 is 17.2 Å². The zero-order chi connectivity index (χ0) is 7.71. The lowest BCUT2D eigenvalue weighted by molar-refractivity contribution is -0.145. The Hall–Kier alpha value is 0.200. The normalized spacial score (nSPS) is 19.3. The summed E-state index contributed by atoms with van der Waals surface area (Å²) in [6.07, 6.45) is -6.07. The Kier molecular flexibility index (Phi) is 2.49. The molecule has 0 aliphatic carbocycles. The van der Waals surface area contributed by atoms with E-state index in [1.165, 1.54) is 0 Å². The van der Waals surface area contributed by atoms with Crippen LogP contribution in [0.25, 0.3) is 0 Å². The molecule has 0 aromatic carbocycles. The summed E-state index contributed by atoms with van der Waals surface area (Å²) in [6.45, 7) is 2.59. The lowest BCUT2D eigenvalue weighted by Gasteiger charge is -2.13. The second kappa shape index (κ2) is 2.44. The number of halogens is 5. The van der Waals surface area contributed by atoms with E-state index in [0.29, 0.717) is 0 Å². The summed E-state index contributed by atoms with van der Waals surface area (Å²) in [5.74, 6) is 0. The van der Waals surface area contributed by atoms with Gasteiger partial charge in [0.05, 0.1) is 6.42 Å². The first-order chi connectivity index (χ1) is 3.71. The third-order valence-electron chi connectivity index (χ3n) is 0.459. The van der Waals surface area contributed by atoms with Gasteiger partial charge in [-0.1, -0.05) is 0 Å². The van der Waals surface area contributed by atoms with E-state index in [1.807, 2.05) is 0 Å². The van der Waals surface area contributed by atoms with Crippen LogP contribution in [0.5, 0.6) is 0 Å². The van der Waals surface area contributed by atoms with Gasteiger partial charge in [-0.15, -0.1) is 0 Å². The van der Waals surface area contributed by atoms with Crippen LogP contribution in [-0.4, -0.2) is 10.8 Å². The van der Waals surface area contributed by atoms with Gasteiger partial charge < -0.3 is 0 Å². The number of alkyl halides is 5. The summed E-state index contributed by atoms with van der Waals surface area (Å²) in [4.78, 5) is 0. The van der Waals surface area contributed by atoms with Crippen molar-refractivity contribution in [1.82, 2.24) is 0 Å². The molecule has 55 valence electrons. The number of hydrogen-bond acceptors (Lipinski definition) is 0. The summed E-state index contributed by atoms with van der Waals surface area (Å²) < 4.78 is 43.1. The van der Waals surface area contributed by atoms with Crippen LogP contribution in [0.1, 0.15) is 6.42 Å². The Bertz CT molecular complexity index is 77.7. The molecule has 0 aromatic rings. The van der Waals surface area contributed by atoms with Gasteiger partial charge in [0, 0.05) is 0 Å². The topological polar surface area (TPSA) is 0 Å². The van der Waals surface area contributed by atoms with Crippen LogP contribution >= 0.6 is 15.9 Å². The maximum atomic E-state index is 12.0. The van der Waals surface area contributed by atoms with Crippen LogP contribution < -0.4 is 0 Å². The molecule has 1 atom stereocenters. The van der Waals surface area contributed by atoms with Gasteiger partial charge in [0.25, 0.3) is 0 Å². The van der Waals surface area contributed by atoms with E-state index in [0.717, 1.165) is 0 Å². The molecule has 5 heteroatoms. The average molecular weight is 208 g/mol. The van der Waals surface area contributed by atoms with Crippen LogP contribution in [0.3, 0.4) is 0 Å². The van der Waals surface area contributed by atoms with Gasteiger partial charge in [-0.3, -0.25) is 0 Å². The molecule has 1 radical (unpaired) electrons. The first-order valence-corrected chi connectivity index (χ1v) is 2.80. The van der Waals surface area contributed by atoms with E-state index in [4.69, 9.17) is 0 Å². The molecule has 0 aliphatic rings. The van der Waals surface area contributed by atoms with Crippen molar-refractivity contribution < 1.29 is 17.6 Å². The van der Waals surface area contributed by atoms with E-state index in [2.05, 4.69) is 22.9 Å². The summed E-state index contributed by atoms with van der Waals surface area (Å²) in [5.41, 5.74) is 0. The van der Waals surface area contributed by atoms with Crippen LogP contribution in [0.15, 0.2) is 0 Å². The van der Waals surface area contributed by atoms with Gasteiger partial charge in [-0.05, 0) is 22.9 Å². The molecule has 0 amide bonds. The Labute approximate surface area is 58.4 Å². The Morgan fingerprint density at radius 3 is 1.56 bits per heavy atom. The fraction of sp³-hybridized carbons (Fsp3) is 0.750. The molecule has 0 spiro atoms. The van der Waals surface area contributed by atoms with Crippen molar-refractivity contribution >= 4 is 15.9 Å². The zero-order valence-corrected chi connectivity index (χ0v) is 5.89. The highest BCUT2D eigenvalue weighted by molar-refractivity contribution is 9.10. The highest BCUT2D eigenvalue weighted by Gasteiger charge is 2.37. The maximum absolute atomic E-state index is 12.0. The predicted molar refractivity (Wildman–Crippen MR) is 28.8 cm³/mol. The number of rotatable bonds is 1. The second-order valence-corrected chi connectivity index (χ2v) is 3.07. The van der Waals surface area contributed by atoms with Crippen molar-refractivity contribution in [3.8, 4) is 0 Å². The van der Waals surface area contributed by atoms with Gasteiger partial charge in [-0.2, -0.15) is 13.2 Å².